The molecule has 278 valence electrons. The molecule has 0 amide bonds. The molecule has 24 nitrogen and oxygen atoms in total. The van der Waals surface area contributed by atoms with Crippen molar-refractivity contribution < 1.29 is 118 Å². The van der Waals surface area contributed by atoms with Gasteiger partial charge in [-0.1, -0.05) is 13.3 Å². The summed E-state index contributed by atoms with van der Waals surface area (Å²) in [5.74, 6) is -22.5. The van der Waals surface area contributed by atoms with Crippen molar-refractivity contribution in [3.8, 4) is 0 Å². The molecule has 0 saturated carbocycles. The predicted octanol–water partition coefficient (Wildman–Crippen LogP) is -9.12. The number of aliphatic hydroxyl groups is 12. The number of rotatable bonds is 22. The molecule has 0 bridgehead atoms. The van der Waals surface area contributed by atoms with Crippen LogP contribution in [0.15, 0.2) is 0 Å². The Morgan fingerprint density at radius 1 is 0.458 bits per heavy atom. The van der Waals surface area contributed by atoms with Crippen molar-refractivity contribution in [1.82, 2.24) is 0 Å². The van der Waals surface area contributed by atoms with Crippen LogP contribution in [0.5, 0.6) is 0 Å². The molecule has 0 heterocycles. The molecule has 0 aliphatic carbocycles. The van der Waals surface area contributed by atoms with E-state index in [-0.39, 0.29) is 0 Å². The third-order valence-corrected chi connectivity index (χ3v) is 5.54. The third kappa shape index (κ3) is 11.5. The molecular weight excluding hydrogens is 672 g/mol. The minimum absolute atomic E-state index is 0.390. The summed E-state index contributed by atoms with van der Waals surface area (Å²) >= 11 is 0. The van der Waals surface area contributed by atoms with Crippen molar-refractivity contribution in [3.63, 3.8) is 0 Å². The zero-order valence-corrected chi connectivity index (χ0v) is 25.0. The second-order valence-corrected chi connectivity index (χ2v) is 9.23. The highest BCUT2D eigenvalue weighted by Gasteiger charge is 2.75. The highest BCUT2D eigenvalue weighted by Crippen LogP contribution is 2.42. The van der Waals surface area contributed by atoms with E-state index in [2.05, 4.69) is 0 Å². The van der Waals surface area contributed by atoms with Crippen LogP contribution in [0.2, 0.25) is 0 Å². The monoisotopic (exact) mass is 710 g/mol. The van der Waals surface area contributed by atoms with E-state index in [0.29, 0.717) is 0 Å². The van der Waals surface area contributed by atoms with E-state index < -0.39 is 143 Å². The molecule has 0 spiro atoms. The van der Waals surface area contributed by atoms with Crippen LogP contribution >= 0.6 is 0 Å². The van der Waals surface area contributed by atoms with Crippen LogP contribution in [0.3, 0.4) is 0 Å². The summed E-state index contributed by atoms with van der Waals surface area (Å²) in [5, 5.41) is 116. The molecule has 0 aromatic rings. The molecule has 0 aliphatic heterocycles. The van der Waals surface area contributed by atoms with Gasteiger partial charge in [-0.25, -0.2) is 28.8 Å². The van der Waals surface area contributed by atoms with Crippen molar-refractivity contribution in [2.24, 2.45) is 0 Å². The van der Waals surface area contributed by atoms with Gasteiger partial charge < -0.3 is 89.7 Å². The molecule has 0 rings (SSSR count). The average molecular weight is 711 g/mol. The molecule has 24 heteroatoms. The molecule has 48 heavy (non-hydrogen) atoms. The van der Waals surface area contributed by atoms with Crippen LogP contribution in [-0.2, 0) is 57.2 Å². The van der Waals surface area contributed by atoms with E-state index in [9.17, 15) is 90.0 Å². The summed E-state index contributed by atoms with van der Waals surface area (Å²) in [6, 6.07) is 0. The van der Waals surface area contributed by atoms with E-state index in [1.165, 1.54) is 6.92 Å². The van der Waals surface area contributed by atoms with E-state index >= 15 is 0 Å². The fourth-order valence-electron chi connectivity index (χ4n) is 3.04. The lowest BCUT2D eigenvalue weighted by Gasteiger charge is -2.46. The largest absolute Gasteiger partial charge is 0.511 e. The summed E-state index contributed by atoms with van der Waals surface area (Å²) in [5.41, 5.74) is 0. The van der Waals surface area contributed by atoms with E-state index in [1.54, 1.807) is 0 Å². The van der Waals surface area contributed by atoms with Gasteiger partial charge in [0.1, 0.15) is 0 Å². The molecule has 0 aliphatic rings. The minimum Gasteiger partial charge on any atom is -0.451 e. The first-order chi connectivity index (χ1) is 22.4. The maximum atomic E-state index is 13.0. The Kier molecular flexibility index (Phi) is 19.1. The van der Waals surface area contributed by atoms with Gasteiger partial charge in [0.25, 0.3) is 0 Å². The maximum absolute atomic E-state index is 13.0. The van der Waals surface area contributed by atoms with Gasteiger partial charge in [0.05, 0.1) is 39.6 Å². The summed E-state index contributed by atoms with van der Waals surface area (Å²) in [7, 11) is 0. The van der Waals surface area contributed by atoms with Crippen LogP contribution in [0.1, 0.15) is 19.8 Å². The Bertz CT molecular complexity index is 994. The lowest BCUT2D eigenvalue weighted by molar-refractivity contribution is -0.461. The van der Waals surface area contributed by atoms with Crippen LogP contribution < -0.4 is 0 Å². The van der Waals surface area contributed by atoms with Gasteiger partial charge in [0.15, 0.2) is 42.7 Å². The van der Waals surface area contributed by atoms with Gasteiger partial charge in [0, 0.05) is 0 Å². The third-order valence-electron chi connectivity index (χ3n) is 5.54. The summed E-state index contributed by atoms with van der Waals surface area (Å²) in [6.07, 6.45) is -20.6. The van der Waals surface area contributed by atoms with Gasteiger partial charge >= 0.3 is 47.6 Å². The number of aliphatic hydroxyl groups excluding tert-OH is 12. The lowest BCUT2D eigenvalue weighted by Crippen LogP contribution is -2.73. The van der Waals surface area contributed by atoms with Crippen molar-refractivity contribution in [2.75, 3.05) is 39.6 Å². The number of hydrogen-bond donors (Lipinski definition) is 12. The molecule has 7 unspecified atom stereocenters. The second-order valence-electron chi connectivity index (χ2n) is 9.23. The smallest absolute Gasteiger partial charge is 0.451 e. The minimum atomic E-state index is -4.71. The fourth-order valence-corrected chi connectivity index (χ4v) is 3.04. The Labute approximate surface area is 268 Å². The van der Waals surface area contributed by atoms with E-state index in [1.807, 2.05) is 0 Å². The van der Waals surface area contributed by atoms with E-state index in [4.69, 9.17) is 28.4 Å². The average Bonchev–Trinajstić information content (AvgIpc) is 3.07. The van der Waals surface area contributed by atoms with Crippen LogP contribution in [-0.4, -0.2) is 191 Å². The first-order valence-electron chi connectivity index (χ1n) is 13.5. The number of esters is 6. The predicted molar refractivity (Wildman–Crippen MR) is 139 cm³/mol. The van der Waals surface area contributed by atoms with Gasteiger partial charge in [-0.2, -0.15) is 0 Å². The molecule has 0 fully saturated rings. The highest BCUT2D eigenvalue weighted by atomic mass is 16.9. The van der Waals surface area contributed by atoms with Crippen LogP contribution in [0.4, 0.5) is 0 Å². The van der Waals surface area contributed by atoms with Gasteiger partial charge in [-0.15, -0.1) is 0 Å². The normalized spacial score (nSPS) is 18.2. The van der Waals surface area contributed by atoms with Gasteiger partial charge in [-0.05, 0) is 6.42 Å². The highest BCUT2D eigenvalue weighted by molar-refractivity contribution is 5.81. The summed E-state index contributed by atoms with van der Waals surface area (Å²) < 4.78 is 29.0. The zero-order chi connectivity index (χ0) is 37.4. The lowest BCUT2D eigenvalue weighted by atomic mass is 10.00. The Balaban J connectivity index is 8.65. The first kappa shape index (κ1) is 44.3. The topological polar surface area (TPSA) is 401 Å². The molecule has 0 aromatic carbocycles. The standard InChI is InChI=1S/C24H38O24/c1-2-3-16(43-17(37)10(31)4-25)23(44-18(38)11(32)5-26,45-19(39)12(33)6-27)24(46-20(40)13(34)7-28,47-21(41)14(35)8-29)48-22(42)15(36)9-30/h10-16,25-36H,2-9H2,1H3. The summed E-state index contributed by atoms with van der Waals surface area (Å²) in [4.78, 5) is 77.4. The Hall–Kier alpha value is -3.66. The van der Waals surface area contributed by atoms with Crippen molar-refractivity contribution >= 4 is 35.8 Å². The molecular formula is C24H38O24. The van der Waals surface area contributed by atoms with Crippen molar-refractivity contribution in [2.45, 2.75) is 74.3 Å². The second kappa shape index (κ2) is 20.6. The fraction of sp³-hybridized carbons (Fsp3) is 0.750. The molecule has 0 aromatic heterocycles. The number of carbonyl (C=O) groups is 6. The van der Waals surface area contributed by atoms with Gasteiger partial charge in [-0.3, -0.25) is 0 Å². The Morgan fingerprint density at radius 2 is 0.708 bits per heavy atom. The quantitative estimate of drug-likeness (QED) is 0.0282. The number of ether oxygens (including phenoxy) is 6. The SMILES string of the molecule is CCCC(OC(=O)C(O)CO)C(OC(=O)C(O)CO)(OC(=O)C(O)CO)C(OC(=O)C(O)CO)(OC(=O)C(O)CO)OC(=O)C(O)CO. The molecule has 7 atom stereocenters. The first-order valence-corrected chi connectivity index (χ1v) is 13.5. The van der Waals surface area contributed by atoms with Crippen LogP contribution in [0.25, 0.3) is 0 Å². The number of hydrogen-bond acceptors (Lipinski definition) is 24. The van der Waals surface area contributed by atoms with Gasteiger partial charge in [0.2, 0.25) is 0 Å². The molecule has 12 N–H and O–H groups in total. The van der Waals surface area contributed by atoms with Crippen LogP contribution in [0, 0.1) is 0 Å². The van der Waals surface area contributed by atoms with E-state index in [0.717, 1.165) is 0 Å². The Morgan fingerprint density at radius 3 is 0.958 bits per heavy atom. The van der Waals surface area contributed by atoms with Crippen molar-refractivity contribution in [1.29, 1.82) is 0 Å². The zero-order valence-electron chi connectivity index (χ0n) is 25.0. The van der Waals surface area contributed by atoms with Crippen molar-refractivity contribution in [3.05, 3.63) is 0 Å². The molecule has 0 saturated heterocycles. The number of carbonyl (C=O) groups excluding carboxylic acids is 6. The maximum Gasteiger partial charge on any atom is 0.511 e. The summed E-state index contributed by atoms with van der Waals surface area (Å²) in [6.45, 7) is -8.06. The molecule has 0 radical (unpaired) electrons.